The van der Waals surface area contributed by atoms with E-state index < -0.39 is 20.9 Å². The standard InChI is InChI=1S/C17H18N2O6.C7H6BrNO2.C3H8O2.2CH4.2Ag.H2O.O/c1-13(25-12-15-4-8-17(9-5-15)19(22)23)10-24-11-14-2-6-16(7-3-14)18(20)21;8-5-6-1-3-7(4-2-6)9(10)11;1-3(5)2-4;;;;;;/h2-9,13H,10-12H2,1H3;1-4H,5H2;3-5H,2H2,1H3;2*1H4;;;1H2;. The second-order valence-corrected chi connectivity index (χ2v) is 9.13. The fourth-order valence-electron chi connectivity index (χ4n) is 2.76. The quantitative estimate of drug-likeness (QED) is 0.0953. The Labute approximate surface area is 310 Å². The van der Waals surface area contributed by atoms with Crippen LogP contribution in [0.15, 0.2) is 72.8 Å². The number of halogens is 1. The summed E-state index contributed by atoms with van der Waals surface area (Å²) in [7, 11) is 0. The van der Waals surface area contributed by atoms with Crippen LogP contribution in [0.4, 0.5) is 17.1 Å². The van der Waals surface area contributed by atoms with E-state index >= 15 is 0 Å². The Morgan fingerprint density at radius 2 is 1.02 bits per heavy atom. The first-order valence-electron chi connectivity index (χ1n) is 12.3. The molecule has 0 aliphatic rings. The van der Waals surface area contributed by atoms with E-state index in [1.165, 1.54) is 43.3 Å². The van der Waals surface area contributed by atoms with Crippen LogP contribution in [0, 0.1) is 30.3 Å². The number of hydrogen-bond donors (Lipinski definition) is 2. The number of aliphatic hydroxyl groups is 2. The molecule has 0 amide bonds. The number of rotatable bonds is 12. The summed E-state index contributed by atoms with van der Waals surface area (Å²) >= 11 is 4.95. The van der Waals surface area contributed by atoms with Gasteiger partial charge in [-0.05, 0) is 54.8 Å². The van der Waals surface area contributed by atoms with E-state index in [0.29, 0.717) is 19.8 Å². The number of benzene rings is 3. The maximum absolute atomic E-state index is 10.6. The van der Waals surface area contributed by atoms with Gasteiger partial charge >= 0.3 is 24.3 Å². The Hall–Kier alpha value is -2.58. The summed E-state index contributed by atoms with van der Waals surface area (Å²) in [5.41, 5.74) is 2.94. The summed E-state index contributed by atoms with van der Waals surface area (Å²) in [5, 5.41) is 48.1. The van der Waals surface area contributed by atoms with Crippen LogP contribution in [0.3, 0.4) is 0 Å². The van der Waals surface area contributed by atoms with E-state index in [0.717, 1.165) is 22.0 Å². The number of alkyl halides is 1. The fourth-order valence-corrected chi connectivity index (χ4v) is 3.14. The van der Waals surface area contributed by atoms with Gasteiger partial charge in [-0.3, -0.25) is 30.3 Å². The molecule has 0 aromatic heterocycles. The van der Waals surface area contributed by atoms with Gasteiger partial charge in [-0.1, -0.05) is 42.9 Å². The normalized spacial score (nSPS) is 10.3. The van der Waals surface area contributed by atoms with Crippen LogP contribution in [0.5, 0.6) is 0 Å². The van der Waals surface area contributed by atoms with E-state index in [9.17, 15) is 30.3 Å². The SMILES string of the molecule is C.C.CC(COCc1ccc([N+](=O)[O-])cc1)OCc1ccc([N+](=O)[O-])cc1.CC(O)CO.O.O=[N+]([O-])c1ccc(CBr)cc1.[Ag].[O]=[Ag]. The van der Waals surface area contributed by atoms with Crippen LogP contribution >= 0.6 is 15.9 Å². The molecule has 3 aromatic carbocycles. The zero-order valence-corrected chi connectivity index (χ0v) is 28.6. The molecule has 0 aliphatic carbocycles. The van der Waals surface area contributed by atoms with E-state index in [1.54, 1.807) is 57.4 Å². The molecule has 0 bridgehead atoms. The van der Waals surface area contributed by atoms with Gasteiger partial charge in [-0.2, -0.15) is 0 Å². The van der Waals surface area contributed by atoms with Crippen LogP contribution in [-0.2, 0) is 74.7 Å². The van der Waals surface area contributed by atoms with Crippen molar-refractivity contribution in [1.82, 2.24) is 0 Å². The van der Waals surface area contributed by atoms with Crippen molar-refractivity contribution in [3.63, 3.8) is 0 Å². The third-order valence-electron chi connectivity index (χ3n) is 5.02. The van der Waals surface area contributed by atoms with Crippen molar-refractivity contribution in [3.05, 3.63) is 120 Å². The summed E-state index contributed by atoms with van der Waals surface area (Å²) in [6, 6.07) is 18.8. The molecule has 15 nitrogen and oxygen atoms in total. The van der Waals surface area contributed by atoms with Crippen LogP contribution in [0.25, 0.3) is 0 Å². The topological polar surface area (TPSA) is 237 Å². The Kier molecular flexibility index (Phi) is 36.7. The van der Waals surface area contributed by atoms with Gasteiger partial charge in [-0.15, -0.1) is 0 Å². The molecule has 47 heavy (non-hydrogen) atoms. The molecule has 3 rings (SSSR count). The summed E-state index contributed by atoms with van der Waals surface area (Å²) in [4.78, 5) is 30.1. The molecule has 3 aromatic rings. The fraction of sp³-hybridized carbons (Fsp3) is 0.379. The van der Waals surface area contributed by atoms with Crippen molar-refractivity contribution in [3.8, 4) is 0 Å². The molecule has 0 spiro atoms. The minimum absolute atomic E-state index is 0. The zero-order valence-electron chi connectivity index (χ0n) is 24.0. The van der Waals surface area contributed by atoms with Crippen LogP contribution in [-0.4, -0.2) is 55.9 Å². The predicted molar refractivity (Wildman–Crippen MR) is 172 cm³/mol. The zero-order chi connectivity index (χ0) is 32.8. The number of aliphatic hydroxyl groups excluding tert-OH is 2. The van der Waals surface area contributed by atoms with Crippen molar-refractivity contribution < 1.29 is 86.6 Å². The number of hydrogen-bond acceptors (Lipinski definition) is 11. The average Bonchev–Trinajstić information content (AvgIpc) is 3.02. The first-order chi connectivity index (χ1) is 20.5. The van der Waals surface area contributed by atoms with E-state index in [-0.39, 0.29) is 72.5 Å². The van der Waals surface area contributed by atoms with Gasteiger partial charge in [0.2, 0.25) is 0 Å². The molecule has 18 heteroatoms. The van der Waals surface area contributed by atoms with Crippen molar-refractivity contribution in [2.45, 2.75) is 59.5 Å². The third-order valence-corrected chi connectivity index (χ3v) is 5.66. The number of nitro groups is 3. The number of nitrogens with zero attached hydrogens (tertiary/aromatic N) is 3. The third kappa shape index (κ3) is 25.2. The molecule has 2 unspecified atom stereocenters. The summed E-state index contributed by atoms with van der Waals surface area (Å²) in [6.45, 7) is 4.29. The van der Waals surface area contributed by atoms with Crippen molar-refractivity contribution >= 4 is 33.0 Å². The molecular weight excluding hydrogens is 878 g/mol. The van der Waals surface area contributed by atoms with Gasteiger partial charge < -0.3 is 25.2 Å². The molecule has 0 saturated carbocycles. The van der Waals surface area contributed by atoms with Gasteiger partial charge in [-0.25, -0.2) is 0 Å². The maximum atomic E-state index is 10.6. The monoisotopic (exact) mass is 917 g/mol. The van der Waals surface area contributed by atoms with Gasteiger partial charge in [0, 0.05) is 64.1 Å². The van der Waals surface area contributed by atoms with Crippen LogP contribution in [0.2, 0.25) is 0 Å². The summed E-state index contributed by atoms with van der Waals surface area (Å²) in [6.07, 6.45) is -0.719. The second-order valence-electron chi connectivity index (χ2n) is 8.57. The second kappa shape index (κ2) is 32.0. The van der Waals surface area contributed by atoms with Gasteiger partial charge in [0.25, 0.3) is 17.1 Å². The Balaban J connectivity index is -0.000000225. The van der Waals surface area contributed by atoms with Gasteiger partial charge in [0.1, 0.15) is 0 Å². The molecule has 1 radical (unpaired) electrons. The number of nitro benzene ring substituents is 3. The first kappa shape index (κ1) is 53.9. The molecule has 0 heterocycles. The molecular formula is C29H42Ag2BrN3O12. The Morgan fingerprint density at radius 1 is 0.723 bits per heavy atom. The minimum atomic E-state index is -0.560. The molecule has 2 atom stereocenters. The molecule has 0 fully saturated rings. The van der Waals surface area contributed by atoms with Gasteiger partial charge in [0.15, 0.2) is 0 Å². The van der Waals surface area contributed by atoms with Crippen molar-refractivity contribution in [1.29, 1.82) is 0 Å². The molecule has 274 valence electrons. The van der Waals surface area contributed by atoms with Crippen LogP contribution in [0.1, 0.15) is 45.4 Å². The number of ether oxygens (including phenoxy) is 2. The number of non-ortho nitro benzene ring substituents is 3. The van der Waals surface area contributed by atoms with Crippen molar-refractivity contribution in [2.24, 2.45) is 0 Å². The predicted octanol–water partition coefficient (Wildman–Crippen LogP) is 5.80. The van der Waals surface area contributed by atoms with E-state index in [2.05, 4.69) is 15.9 Å². The van der Waals surface area contributed by atoms with Crippen molar-refractivity contribution in [2.75, 3.05) is 13.2 Å². The average molecular weight is 920 g/mol. The van der Waals surface area contributed by atoms with E-state index in [4.69, 9.17) is 22.9 Å². The van der Waals surface area contributed by atoms with Gasteiger partial charge in [0.05, 0.1) is 53.4 Å². The van der Waals surface area contributed by atoms with Crippen LogP contribution < -0.4 is 0 Å². The molecule has 0 saturated heterocycles. The van der Waals surface area contributed by atoms with E-state index in [1.807, 2.05) is 6.92 Å². The molecule has 4 N–H and O–H groups in total. The molecule has 0 aliphatic heterocycles. The Bertz CT molecular complexity index is 1240. The summed E-state index contributed by atoms with van der Waals surface area (Å²) in [5.74, 6) is 0. The Morgan fingerprint density at radius 3 is 1.30 bits per heavy atom. The summed E-state index contributed by atoms with van der Waals surface area (Å²) < 4.78 is 19.2. The first-order valence-corrected chi connectivity index (χ1v) is 14.1.